The Labute approximate surface area is 163 Å². The second-order valence-electron chi connectivity index (χ2n) is 8.71. The number of rotatable bonds is 3. The van der Waals surface area contributed by atoms with Crippen molar-refractivity contribution in [3.05, 3.63) is 58.1 Å². The molecule has 1 N–H and O–H groups in total. The van der Waals surface area contributed by atoms with Gasteiger partial charge in [-0.3, -0.25) is 4.99 Å². The predicted octanol–water partition coefficient (Wildman–Crippen LogP) is 6.37. The number of phenols is 1. The fraction of sp³-hybridized carbons (Fsp3) is 0.435. The molecular formula is C23H24BrNO. The molecule has 4 fully saturated rings. The minimum absolute atomic E-state index is 0.317. The van der Waals surface area contributed by atoms with Crippen molar-refractivity contribution in [2.24, 2.45) is 22.7 Å². The highest BCUT2D eigenvalue weighted by atomic mass is 79.9. The van der Waals surface area contributed by atoms with Gasteiger partial charge in [0.25, 0.3) is 0 Å². The van der Waals surface area contributed by atoms with Crippen molar-refractivity contribution in [3.8, 4) is 5.75 Å². The van der Waals surface area contributed by atoms with Gasteiger partial charge in [0, 0.05) is 16.3 Å². The van der Waals surface area contributed by atoms with Crippen LogP contribution < -0.4 is 0 Å². The molecule has 0 atom stereocenters. The Balaban J connectivity index is 1.47. The van der Waals surface area contributed by atoms with Crippen molar-refractivity contribution in [1.82, 2.24) is 0 Å². The largest absolute Gasteiger partial charge is 0.507 e. The third-order valence-corrected chi connectivity index (χ3v) is 7.33. The van der Waals surface area contributed by atoms with E-state index in [2.05, 4.69) is 33.1 Å². The number of aliphatic imine (C=N–C) groups is 1. The number of halogens is 1. The number of benzene rings is 2. The molecule has 0 aliphatic heterocycles. The van der Waals surface area contributed by atoms with Crippen molar-refractivity contribution < 1.29 is 5.11 Å². The molecule has 0 heterocycles. The summed E-state index contributed by atoms with van der Waals surface area (Å²) in [6, 6.07) is 14.2. The van der Waals surface area contributed by atoms with Gasteiger partial charge in [-0.05, 0) is 97.6 Å². The van der Waals surface area contributed by atoms with Crippen LogP contribution in [0.4, 0.5) is 5.69 Å². The molecular weight excluding hydrogens is 386 g/mol. The minimum Gasteiger partial charge on any atom is -0.507 e. The highest BCUT2D eigenvalue weighted by molar-refractivity contribution is 9.10. The molecule has 4 bridgehead atoms. The SMILES string of the molecule is Oc1ccc(C23CC4CC(CC(C4)C2)C3)cc1C=Nc1cccc(Br)c1. The summed E-state index contributed by atoms with van der Waals surface area (Å²) in [5, 5.41) is 10.3. The van der Waals surface area contributed by atoms with Gasteiger partial charge in [-0.2, -0.15) is 0 Å². The fourth-order valence-electron chi connectivity index (χ4n) is 6.15. The quantitative estimate of drug-likeness (QED) is 0.586. The van der Waals surface area contributed by atoms with Crippen LogP contribution in [-0.4, -0.2) is 11.3 Å². The second-order valence-corrected chi connectivity index (χ2v) is 9.63. The lowest BCUT2D eigenvalue weighted by molar-refractivity contribution is -0.00520. The number of nitrogens with zero attached hydrogens (tertiary/aromatic N) is 1. The Morgan fingerprint density at radius 2 is 1.65 bits per heavy atom. The van der Waals surface area contributed by atoms with Gasteiger partial charge in [0.1, 0.15) is 5.75 Å². The molecule has 3 heteroatoms. The molecule has 0 saturated heterocycles. The maximum atomic E-state index is 10.3. The van der Waals surface area contributed by atoms with Crippen LogP contribution in [0.1, 0.15) is 49.7 Å². The van der Waals surface area contributed by atoms with Crippen molar-refractivity contribution >= 4 is 27.8 Å². The zero-order chi connectivity index (χ0) is 17.7. The van der Waals surface area contributed by atoms with Crippen molar-refractivity contribution in [1.29, 1.82) is 0 Å². The van der Waals surface area contributed by atoms with E-state index in [4.69, 9.17) is 0 Å². The molecule has 0 aromatic heterocycles. The Hall–Kier alpha value is -1.61. The van der Waals surface area contributed by atoms with Gasteiger partial charge < -0.3 is 5.11 Å². The molecule has 4 aliphatic rings. The van der Waals surface area contributed by atoms with Gasteiger partial charge in [0.2, 0.25) is 0 Å². The molecule has 2 aromatic carbocycles. The average molecular weight is 410 g/mol. The van der Waals surface area contributed by atoms with E-state index in [1.165, 1.54) is 44.1 Å². The van der Waals surface area contributed by atoms with Crippen LogP contribution in [-0.2, 0) is 5.41 Å². The van der Waals surface area contributed by atoms with E-state index in [-0.39, 0.29) is 0 Å². The summed E-state index contributed by atoms with van der Waals surface area (Å²) in [6.07, 6.45) is 10.2. The predicted molar refractivity (Wildman–Crippen MR) is 109 cm³/mol. The van der Waals surface area contributed by atoms with Crippen LogP contribution in [0.25, 0.3) is 0 Å². The maximum Gasteiger partial charge on any atom is 0.124 e. The average Bonchev–Trinajstić information content (AvgIpc) is 2.60. The van der Waals surface area contributed by atoms with Gasteiger partial charge in [-0.25, -0.2) is 0 Å². The van der Waals surface area contributed by atoms with Crippen LogP contribution in [0.5, 0.6) is 5.75 Å². The molecule has 6 rings (SSSR count). The third-order valence-electron chi connectivity index (χ3n) is 6.84. The zero-order valence-corrected chi connectivity index (χ0v) is 16.5. The standard InChI is InChI=1S/C23H24BrNO/c24-20-2-1-3-21(10-20)25-14-18-9-19(4-5-22(18)26)23-11-15-6-16(12-23)8-17(7-15)13-23/h1-5,9-10,14-17,26H,6-8,11-13H2. The van der Waals surface area contributed by atoms with Crippen molar-refractivity contribution in [3.63, 3.8) is 0 Å². The first-order chi connectivity index (χ1) is 12.6. The third kappa shape index (κ3) is 2.90. The lowest BCUT2D eigenvalue weighted by atomic mass is 9.48. The van der Waals surface area contributed by atoms with E-state index in [1.807, 2.05) is 30.3 Å². The summed E-state index contributed by atoms with van der Waals surface area (Å²) < 4.78 is 1.01. The van der Waals surface area contributed by atoms with Crippen molar-refractivity contribution in [2.75, 3.05) is 0 Å². The molecule has 0 spiro atoms. The van der Waals surface area contributed by atoms with Crippen molar-refractivity contribution in [2.45, 2.75) is 43.9 Å². The van der Waals surface area contributed by atoms with Crippen LogP contribution >= 0.6 is 15.9 Å². The number of hydrogen-bond acceptors (Lipinski definition) is 2. The molecule has 0 amide bonds. The highest BCUT2D eigenvalue weighted by Gasteiger charge is 2.51. The number of hydrogen-bond donors (Lipinski definition) is 1. The molecule has 4 aliphatic carbocycles. The smallest absolute Gasteiger partial charge is 0.124 e. The monoisotopic (exact) mass is 409 g/mol. The van der Waals surface area contributed by atoms with E-state index < -0.39 is 0 Å². The summed E-state index contributed by atoms with van der Waals surface area (Å²) in [4.78, 5) is 4.57. The van der Waals surface area contributed by atoms with Gasteiger partial charge in [-0.15, -0.1) is 0 Å². The molecule has 4 saturated carbocycles. The van der Waals surface area contributed by atoms with Crippen LogP contribution in [0.2, 0.25) is 0 Å². The second kappa shape index (κ2) is 6.23. The zero-order valence-electron chi connectivity index (χ0n) is 14.9. The van der Waals surface area contributed by atoms with Crippen LogP contribution in [0, 0.1) is 17.8 Å². The molecule has 0 radical (unpaired) electrons. The van der Waals surface area contributed by atoms with Gasteiger partial charge in [0.15, 0.2) is 0 Å². The Kier molecular flexibility index (Phi) is 3.97. The topological polar surface area (TPSA) is 32.6 Å². The first kappa shape index (κ1) is 16.6. The normalized spacial score (nSPS) is 32.4. The van der Waals surface area contributed by atoms with E-state index in [9.17, 15) is 5.11 Å². The highest BCUT2D eigenvalue weighted by Crippen LogP contribution is 2.60. The summed E-state index contributed by atoms with van der Waals surface area (Å²) in [5.74, 6) is 3.09. The van der Waals surface area contributed by atoms with Gasteiger partial charge in [0.05, 0.1) is 5.69 Å². The van der Waals surface area contributed by atoms with Crippen LogP contribution in [0.15, 0.2) is 51.9 Å². The summed E-state index contributed by atoms with van der Waals surface area (Å²) in [6.45, 7) is 0. The summed E-state index contributed by atoms with van der Waals surface area (Å²) in [7, 11) is 0. The molecule has 134 valence electrons. The molecule has 2 aromatic rings. The first-order valence-corrected chi connectivity index (χ1v) is 10.5. The van der Waals surface area contributed by atoms with Gasteiger partial charge >= 0.3 is 0 Å². The van der Waals surface area contributed by atoms with E-state index in [1.54, 1.807) is 6.21 Å². The Bertz CT molecular complexity index is 837. The Morgan fingerprint density at radius 3 is 2.31 bits per heavy atom. The summed E-state index contributed by atoms with van der Waals surface area (Å²) in [5.41, 5.74) is 3.49. The van der Waals surface area contributed by atoms with Gasteiger partial charge in [-0.1, -0.05) is 28.1 Å². The van der Waals surface area contributed by atoms with E-state index in [0.717, 1.165) is 33.5 Å². The van der Waals surface area contributed by atoms with Crippen LogP contribution in [0.3, 0.4) is 0 Å². The lowest BCUT2D eigenvalue weighted by Gasteiger charge is -2.57. The maximum absolute atomic E-state index is 10.3. The van der Waals surface area contributed by atoms with E-state index >= 15 is 0 Å². The molecule has 2 nitrogen and oxygen atoms in total. The fourth-order valence-corrected chi connectivity index (χ4v) is 6.54. The molecule has 0 unspecified atom stereocenters. The number of phenolic OH excluding ortho intramolecular Hbond substituents is 1. The summed E-state index contributed by atoms with van der Waals surface area (Å²) >= 11 is 3.48. The minimum atomic E-state index is 0.317. The first-order valence-electron chi connectivity index (χ1n) is 9.73. The molecule has 26 heavy (non-hydrogen) atoms. The Morgan fingerprint density at radius 1 is 0.962 bits per heavy atom. The van der Waals surface area contributed by atoms with E-state index in [0.29, 0.717) is 11.2 Å². The number of aromatic hydroxyl groups is 1. The lowest BCUT2D eigenvalue weighted by Crippen LogP contribution is -2.48.